The zero-order valence-corrected chi connectivity index (χ0v) is 15.4. The van der Waals surface area contributed by atoms with Gasteiger partial charge in [-0.15, -0.1) is 0 Å². The molecule has 0 aliphatic rings. The second-order valence-corrected chi connectivity index (χ2v) is 6.33. The minimum Gasteiger partial charge on any atom is -0.356 e. The second kappa shape index (κ2) is 8.25. The summed E-state index contributed by atoms with van der Waals surface area (Å²) in [5.41, 5.74) is 5.44. The summed E-state index contributed by atoms with van der Waals surface area (Å²) >= 11 is 3.45. The van der Waals surface area contributed by atoms with Crippen molar-refractivity contribution < 1.29 is 0 Å². The summed E-state index contributed by atoms with van der Waals surface area (Å²) in [4.78, 5) is 0. The summed E-state index contributed by atoms with van der Waals surface area (Å²) in [5.74, 6) is 11.4. The number of halogens is 1. The van der Waals surface area contributed by atoms with Crippen LogP contribution in [0.3, 0.4) is 0 Å². The zero-order chi connectivity index (χ0) is 17.5. The smallest absolute Gasteiger partial charge is 0.0384 e. The fraction of sp³-hybridized carbons (Fsp3) is 0.0435. The highest BCUT2D eigenvalue weighted by Crippen LogP contribution is 2.24. The average Bonchev–Trinajstić information content (AvgIpc) is 2.65. The maximum atomic E-state index is 3.45. The zero-order valence-electron chi connectivity index (χ0n) is 13.8. The van der Waals surface area contributed by atoms with Gasteiger partial charge in [-0.05, 0) is 78.4 Å². The van der Waals surface area contributed by atoms with Crippen molar-refractivity contribution in [1.82, 2.24) is 0 Å². The number of hydrogen-bond acceptors (Lipinski definition) is 1. The van der Waals surface area contributed by atoms with E-state index in [-0.39, 0.29) is 0 Å². The lowest BCUT2D eigenvalue weighted by atomic mass is 10.0. The molecule has 0 heterocycles. The van der Waals surface area contributed by atoms with E-state index in [9.17, 15) is 0 Å². The SMILES string of the molecule is CC#CC#Cc1ccc(-c2ccc(Nc3ccc(Br)cc3)cc2)cc1. The Balaban J connectivity index is 1.72. The van der Waals surface area contributed by atoms with Crippen molar-refractivity contribution in [3.8, 4) is 34.8 Å². The predicted octanol–water partition coefficient (Wildman–Crippen LogP) is 6.23. The van der Waals surface area contributed by atoms with E-state index in [4.69, 9.17) is 0 Å². The van der Waals surface area contributed by atoms with Crippen LogP contribution < -0.4 is 5.32 Å². The van der Waals surface area contributed by atoms with E-state index in [0.29, 0.717) is 0 Å². The molecular weight excluding hydrogens is 370 g/mol. The molecule has 120 valence electrons. The summed E-state index contributed by atoms with van der Waals surface area (Å²) < 4.78 is 1.07. The van der Waals surface area contributed by atoms with Gasteiger partial charge < -0.3 is 5.32 Å². The van der Waals surface area contributed by atoms with Gasteiger partial charge in [0.15, 0.2) is 0 Å². The fourth-order valence-corrected chi connectivity index (χ4v) is 2.62. The van der Waals surface area contributed by atoms with Gasteiger partial charge in [0.05, 0.1) is 0 Å². The molecule has 0 atom stereocenters. The van der Waals surface area contributed by atoms with Crippen molar-refractivity contribution in [1.29, 1.82) is 0 Å². The topological polar surface area (TPSA) is 12.0 Å². The van der Waals surface area contributed by atoms with Gasteiger partial charge in [0, 0.05) is 21.4 Å². The van der Waals surface area contributed by atoms with Crippen molar-refractivity contribution in [3.05, 3.63) is 82.8 Å². The molecule has 0 aromatic heterocycles. The van der Waals surface area contributed by atoms with E-state index in [1.165, 1.54) is 11.1 Å². The van der Waals surface area contributed by atoms with Crippen LogP contribution in [-0.2, 0) is 0 Å². The standard InChI is InChI=1S/C23H16BrN/c1-2-3-4-5-18-6-8-19(9-7-18)20-10-14-22(15-11-20)25-23-16-12-21(24)13-17-23/h6-17,25H,1H3. The third-order valence-corrected chi connectivity index (χ3v) is 4.16. The van der Waals surface area contributed by atoms with Crippen LogP contribution in [0.25, 0.3) is 11.1 Å². The third-order valence-electron chi connectivity index (χ3n) is 3.63. The molecule has 0 fully saturated rings. The summed E-state index contributed by atoms with van der Waals surface area (Å²) in [6.07, 6.45) is 0. The molecule has 0 saturated carbocycles. The Labute approximate surface area is 157 Å². The molecule has 0 aliphatic heterocycles. The molecule has 3 aromatic carbocycles. The van der Waals surface area contributed by atoms with Gasteiger partial charge in [0.1, 0.15) is 0 Å². The van der Waals surface area contributed by atoms with Gasteiger partial charge >= 0.3 is 0 Å². The molecule has 0 bridgehead atoms. The molecule has 0 amide bonds. The van der Waals surface area contributed by atoms with Crippen molar-refractivity contribution >= 4 is 27.3 Å². The van der Waals surface area contributed by atoms with Gasteiger partial charge in [-0.1, -0.05) is 52.0 Å². The Kier molecular flexibility index (Phi) is 5.57. The minimum absolute atomic E-state index is 0.972. The van der Waals surface area contributed by atoms with Crippen molar-refractivity contribution in [2.45, 2.75) is 6.92 Å². The van der Waals surface area contributed by atoms with Gasteiger partial charge in [-0.3, -0.25) is 0 Å². The van der Waals surface area contributed by atoms with Crippen molar-refractivity contribution in [2.75, 3.05) is 5.32 Å². The van der Waals surface area contributed by atoms with Gasteiger partial charge in [0.2, 0.25) is 0 Å². The number of benzene rings is 3. The maximum absolute atomic E-state index is 3.45. The normalized spacial score (nSPS) is 9.36. The molecule has 3 rings (SSSR count). The first-order valence-electron chi connectivity index (χ1n) is 7.90. The van der Waals surface area contributed by atoms with E-state index in [1.807, 2.05) is 36.4 Å². The summed E-state index contributed by atoms with van der Waals surface area (Å²) in [7, 11) is 0. The Morgan fingerprint density at radius 3 is 1.76 bits per heavy atom. The number of hydrogen-bond donors (Lipinski definition) is 1. The summed E-state index contributed by atoms with van der Waals surface area (Å²) in [6, 6.07) is 24.7. The molecule has 0 spiro atoms. The number of rotatable bonds is 3. The molecule has 2 heteroatoms. The largest absolute Gasteiger partial charge is 0.356 e. The highest BCUT2D eigenvalue weighted by molar-refractivity contribution is 9.10. The van der Waals surface area contributed by atoms with Gasteiger partial charge in [-0.25, -0.2) is 0 Å². The van der Waals surface area contributed by atoms with Crippen LogP contribution in [0, 0.1) is 23.7 Å². The maximum Gasteiger partial charge on any atom is 0.0384 e. The molecular formula is C23H16BrN. The number of nitrogens with one attached hydrogen (secondary N) is 1. The van der Waals surface area contributed by atoms with E-state index in [1.54, 1.807) is 6.92 Å². The first-order valence-corrected chi connectivity index (χ1v) is 8.70. The lowest BCUT2D eigenvalue weighted by molar-refractivity contribution is 1.53. The first kappa shape index (κ1) is 16.9. The number of anilines is 2. The van der Waals surface area contributed by atoms with E-state index >= 15 is 0 Å². The molecule has 0 unspecified atom stereocenters. The van der Waals surface area contributed by atoms with E-state index in [2.05, 4.69) is 81.3 Å². The van der Waals surface area contributed by atoms with Crippen LogP contribution >= 0.6 is 15.9 Å². The van der Waals surface area contributed by atoms with Crippen LogP contribution in [0.2, 0.25) is 0 Å². The van der Waals surface area contributed by atoms with Gasteiger partial charge in [0.25, 0.3) is 0 Å². The van der Waals surface area contributed by atoms with Crippen LogP contribution in [0.4, 0.5) is 11.4 Å². The van der Waals surface area contributed by atoms with Crippen LogP contribution in [-0.4, -0.2) is 0 Å². The Morgan fingerprint density at radius 2 is 1.20 bits per heavy atom. The highest BCUT2D eigenvalue weighted by atomic mass is 79.9. The Bertz CT molecular complexity index is 961. The average molecular weight is 386 g/mol. The highest BCUT2D eigenvalue weighted by Gasteiger charge is 1.99. The lowest BCUT2D eigenvalue weighted by Gasteiger charge is -2.08. The van der Waals surface area contributed by atoms with E-state index in [0.717, 1.165) is 21.4 Å². The monoisotopic (exact) mass is 385 g/mol. The summed E-state index contributed by atoms with van der Waals surface area (Å²) in [6.45, 7) is 1.78. The fourth-order valence-electron chi connectivity index (χ4n) is 2.36. The van der Waals surface area contributed by atoms with Crippen LogP contribution in [0.1, 0.15) is 12.5 Å². The van der Waals surface area contributed by atoms with E-state index < -0.39 is 0 Å². The molecule has 3 aromatic rings. The van der Waals surface area contributed by atoms with Crippen molar-refractivity contribution in [2.24, 2.45) is 0 Å². The molecule has 0 aliphatic carbocycles. The van der Waals surface area contributed by atoms with Crippen LogP contribution in [0.5, 0.6) is 0 Å². The Morgan fingerprint density at radius 1 is 0.680 bits per heavy atom. The lowest BCUT2D eigenvalue weighted by Crippen LogP contribution is -1.89. The minimum atomic E-state index is 0.972. The molecule has 0 radical (unpaired) electrons. The quantitative estimate of drug-likeness (QED) is 0.526. The summed E-state index contributed by atoms with van der Waals surface area (Å²) in [5, 5.41) is 3.40. The molecule has 1 N–H and O–H groups in total. The van der Waals surface area contributed by atoms with Gasteiger partial charge in [-0.2, -0.15) is 0 Å². The third kappa shape index (κ3) is 4.77. The van der Waals surface area contributed by atoms with Crippen molar-refractivity contribution in [3.63, 3.8) is 0 Å². The molecule has 0 saturated heterocycles. The Hall–Kier alpha value is -2.94. The molecule has 1 nitrogen and oxygen atoms in total. The predicted molar refractivity (Wildman–Crippen MR) is 110 cm³/mol. The second-order valence-electron chi connectivity index (χ2n) is 5.41. The first-order chi connectivity index (χ1) is 12.2. The van der Waals surface area contributed by atoms with Crippen LogP contribution in [0.15, 0.2) is 77.3 Å². The molecule has 25 heavy (non-hydrogen) atoms.